The number of rotatable bonds is 3. The van der Waals surface area contributed by atoms with Crippen molar-refractivity contribution in [3.63, 3.8) is 0 Å². The minimum atomic E-state index is -0.328. The number of aryl methyl sites for hydroxylation is 1. The fraction of sp³-hybridized carbons (Fsp3) is 0.222. The molecular weight excluding hydrogens is 280 g/mol. The summed E-state index contributed by atoms with van der Waals surface area (Å²) in [6.07, 6.45) is 0. The Bertz CT molecular complexity index is 762. The van der Waals surface area contributed by atoms with Gasteiger partial charge in [-0.05, 0) is 41.3 Å². The maximum Gasteiger partial charge on any atom is 0.339 e. The highest BCUT2D eigenvalue weighted by atomic mass is 16.5. The van der Waals surface area contributed by atoms with Crippen molar-refractivity contribution in [3.8, 4) is 11.1 Å². The predicted molar refractivity (Wildman–Crippen MR) is 81.2 cm³/mol. The first-order valence-corrected chi connectivity index (χ1v) is 7.08. The van der Waals surface area contributed by atoms with Crippen LogP contribution >= 0.6 is 0 Å². The van der Waals surface area contributed by atoms with Crippen LogP contribution < -0.4 is 0 Å². The molecule has 22 heavy (non-hydrogen) atoms. The van der Waals surface area contributed by atoms with E-state index in [-0.39, 0.29) is 25.2 Å². The van der Waals surface area contributed by atoms with Gasteiger partial charge in [0.25, 0.3) is 0 Å². The second-order valence-electron chi connectivity index (χ2n) is 5.35. The first-order chi connectivity index (χ1) is 10.6. The zero-order chi connectivity index (χ0) is 15.7. The summed E-state index contributed by atoms with van der Waals surface area (Å²) in [4.78, 5) is 23.1. The van der Waals surface area contributed by atoms with Crippen LogP contribution in [0.25, 0.3) is 11.1 Å². The van der Waals surface area contributed by atoms with Crippen molar-refractivity contribution in [2.75, 3.05) is 0 Å². The van der Waals surface area contributed by atoms with Gasteiger partial charge in [0.1, 0.15) is 13.2 Å². The number of hydrogen-bond donors (Lipinski definition) is 0. The Hall–Kier alpha value is -2.62. The Labute approximate surface area is 128 Å². The van der Waals surface area contributed by atoms with Crippen LogP contribution in [-0.4, -0.2) is 11.9 Å². The predicted octanol–water partition coefficient (Wildman–Crippen LogP) is 3.40. The molecule has 0 aliphatic carbocycles. The molecule has 0 amide bonds. The summed E-state index contributed by atoms with van der Waals surface area (Å²) in [6.45, 7) is 3.83. The smallest absolute Gasteiger partial charge is 0.339 e. The van der Waals surface area contributed by atoms with Crippen LogP contribution in [0.15, 0.2) is 36.4 Å². The summed E-state index contributed by atoms with van der Waals surface area (Å²) in [5.41, 5.74) is 5.20. The van der Waals surface area contributed by atoms with E-state index in [1.165, 1.54) is 6.92 Å². The van der Waals surface area contributed by atoms with Gasteiger partial charge < -0.3 is 9.47 Å². The summed E-state index contributed by atoms with van der Waals surface area (Å²) < 4.78 is 10.2. The molecule has 0 saturated carbocycles. The third kappa shape index (κ3) is 2.60. The average molecular weight is 296 g/mol. The highest BCUT2D eigenvalue weighted by molar-refractivity contribution is 6.01. The minimum Gasteiger partial charge on any atom is -0.461 e. The second-order valence-corrected chi connectivity index (χ2v) is 5.35. The van der Waals surface area contributed by atoms with E-state index in [1.54, 1.807) is 0 Å². The molecule has 1 aliphatic heterocycles. The molecule has 3 rings (SSSR count). The standard InChI is InChI=1S/C18H16O4/c1-11-5-3-4-6-15(11)16-8-13(9-21-12(2)19)7-14-10-22-18(20)17(14)16/h3-8H,9-10H2,1-2H3. The van der Waals surface area contributed by atoms with Gasteiger partial charge in [0, 0.05) is 12.5 Å². The van der Waals surface area contributed by atoms with E-state index in [1.807, 2.05) is 43.3 Å². The van der Waals surface area contributed by atoms with Crippen molar-refractivity contribution in [2.24, 2.45) is 0 Å². The van der Waals surface area contributed by atoms with Crippen LogP contribution in [-0.2, 0) is 27.5 Å². The van der Waals surface area contributed by atoms with E-state index >= 15 is 0 Å². The first kappa shape index (κ1) is 14.3. The normalized spacial score (nSPS) is 12.7. The molecule has 0 fully saturated rings. The molecule has 2 aromatic carbocycles. The zero-order valence-electron chi connectivity index (χ0n) is 12.5. The molecule has 0 atom stereocenters. The molecule has 0 bridgehead atoms. The summed E-state index contributed by atoms with van der Waals surface area (Å²) >= 11 is 0. The molecule has 0 unspecified atom stereocenters. The fourth-order valence-corrected chi connectivity index (χ4v) is 2.69. The van der Waals surface area contributed by atoms with Gasteiger partial charge >= 0.3 is 11.9 Å². The van der Waals surface area contributed by atoms with Crippen molar-refractivity contribution < 1.29 is 19.1 Å². The molecule has 0 radical (unpaired) electrons. The molecule has 1 heterocycles. The van der Waals surface area contributed by atoms with Crippen molar-refractivity contribution in [2.45, 2.75) is 27.1 Å². The van der Waals surface area contributed by atoms with E-state index in [0.29, 0.717) is 5.56 Å². The maximum atomic E-state index is 12.0. The SMILES string of the molecule is CC(=O)OCc1cc2c(c(-c3ccccc3C)c1)C(=O)OC2. The topological polar surface area (TPSA) is 52.6 Å². The van der Waals surface area contributed by atoms with E-state index in [9.17, 15) is 9.59 Å². The van der Waals surface area contributed by atoms with Crippen LogP contribution in [0.5, 0.6) is 0 Å². The summed E-state index contributed by atoms with van der Waals surface area (Å²) in [7, 11) is 0. The summed E-state index contributed by atoms with van der Waals surface area (Å²) in [5.74, 6) is -0.627. The van der Waals surface area contributed by atoms with Crippen LogP contribution in [0.4, 0.5) is 0 Å². The third-order valence-electron chi connectivity index (χ3n) is 3.72. The third-order valence-corrected chi connectivity index (χ3v) is 3.72. The van der Waals surface area contributed by atoms with Crippen molar-refractivity contribution in [1.82, 2.24) is 0 Å². The quantitative estimate of drug-likeness (QED) is 0.815. The first-order valence-electron chi connectivity index (χ1n) is 7.08. The number of esters is 2. The Morgan fingerprint density at radius 1 is 1.23 bits per heavy atom. The van der Waals surface area contributed by atoms with Gasteiger partial charge in [-0.1, -0.05) is 24.3 Å². The molecule has 0 spiro atoms. The van der Waals surface area contributed by atoms with Crippen LogP contribution in [0.3, 0.4) is 0 Å². The Morgan fingerprint density at radius 3 is 2.73 bits per heavy atom. The van der Waals surface area contributed by atoms with Crippen molar-refractivity contribution in [3.05, 3.63) is 58.7 Å². The van der Waals surface area contributed by atoms with Crippen molar-refractivity contribution >= 4 is 11.9 Å². The lowest BCUT2D eigenvalue weighted by Crippen LogP contribution is -2.03. The molecule has 0 aromatic heterocycles. The Kier molecular flexibility index (Phi) is 3.67. The van der Waals surface area contributed by atoms with E-state index < -0.39 is 0 Å². The number of ether oxygens (including phenoxy) is 2. The molecular formula is C18H16O4. The maximum absolute atomic E-state index is 12.0. The Morgan fingerprint density at radius 2 is 2.00 bits per heavy atom. The Balaban J connectivity index is 2.13. The van der Waals surface area contributed by atoms with E-state index in [2.05, 4.69) is 0 Å². The molecule has 0 N–H and O–H groups in total. The summed E-state index contributed by atoms with van der Waals surface area (Å²) in [6, 6.07) is 11.6. The van der Waals surface area contributed by atoms with Gasteiger partial charge in [-0.2, -0.15) is 0 Å². The van der Waals surface area contributed by atoms with E-state index in [0.717, 1.165) is 27.8 Å². The van der Waals surface area contributed by atoms with E-state index in [4.69, 9.17) is 9.47 Å². The lowest BCUT2D eigenvalue weighted by Gasteiger charge is -2.12. The van der Waals surface area contributed by atoms with Crippen molar-refractivity contribution in [1.29, 1.82) is 0 Å². The number of carbonyl (C=O) groups is 2. The molecule has 2 aromatic rings. The van der Waals surface area contributed by atoms with Crippen LogP contribution in [0.2, 0.25) is 0 Å². The number of hydrogen-bond acceptors (Lipinski definition) is 4. The minimum absolute atomic E-state index is 0.190. The molecule has 4 heteroatoms. The fourth-order valence-electron chi connectivity index (χ4n) is 2.69. The highest BCUT2D eigenvalue weighted by Crippen LogP contribution is 2.34. The average Bonchev–Trinajstić information content (AvgIpc) is 2.86. The second kappa shape index (κ2) is 5.64. The number of fused-ring (bicyclic) bond motifs is 1. The summed E-state index contributed by atoms with van der Waals surface area (Å²) in [5, 5.41) is 0. The van der Waals surface area contributed by atoms with Gasteiger partial charge in [-0.25, -0.2) is 4.79 Å². The lowest BCUT2D eigenvalue weighted by molar-refractivity contribution is -0.142. The number of cyclic esters (lactones) is 1. The number of benzene rings is 2. The molecule has 0 saturated heterocycles. The lowest BCUT2D eigenvalue weighted by atomic mass is 9.92. The molecule has 1 aliphatic rings. The molecule has 4 nitrogen and oxygen atoms in total. The number of carbonyl (C=O) groups excluding carboxylic acids is 2. The van der Waals surface area contributed by atoms with Gasteiger partial charge in [0.15, 0.2) is 0 Å². The monoisotopic (exact) mass is 296 g/mol. The van der Waals surface area contributed by atoms with Gasteiger partial charge in [0.2, 0.25) is 0 Å². The molecule has 112 valence electrons. The highest BCUT2D eigenvalue weighted by Gasteiger charge is 2.26. The van der Waals surface area contributed by atoms with Crippen LogP contribution in [0.1, 0.15) is 34.0 Å². The van der Waals surface area contributed by atoms with Crippen LogP contribution in [0, 0.1) is 6.92 Å². The van der Waals surface area contributed by atoms with Gasteiger partial charge in [-0.15, -0.1) is 0 Å². The van der Waals surface area contributed by atoms with Gasteiger partial charge in [0.05, 0.1) is 5.56 Å². The van der Waals surface area contributed by atoms with Gasteiger partial charge in [-0.3, -0.25) is 4.79 Å². The zero-order valence-corrected chi connectivity index (χ0v) is 12.5. The largest absolute Gasteiger partial charge is 0.461 e.